The number of amides is 1. The Hall–Kier alpha value is -2.12. The number of rotatable bonds is 3. The molecule has 0 aliphatic carbocycles. The van der Waals surface area contributed by atoms with Crippen LogP contribution in [0.5, 0.6) is 0 Å². The molecule has 0 saturated carbocycles. The lowest BCUT2D eigenvalue weighted by atomic mass is 10.2. The van der Waals surface area contributed by atoms with E-state index >= 15 is 0 Å². The number of hydrogen-bond donors (Lipinski definition) is 0. The molecule has 6 nitrogen and oxygen atoms in total. The van der Waals surface area contributed by atoms with Crippen molar-refractivity contribution < 1.29 is 9.21 Å². The van der Waals surface area contributed by atoms with Crippen molar-refractivity contribution in [3.05, 3.63) is 58.7 Å². The van der Waals surface area contributed by atoms with Gasteiger partial charge in [0.15, 0.2) is 10.4 Å². The van der Waals surface area contributed by atoms with Gasteiger partial charge in [-0.25, -0.2) is 4.52 Å². The molecule has 0 N–H and O–H groups in total. The number of aromatic nitrogens is 2. The van der Waals surface area contributed by atoms with Crippen LogP contribution >= 0.6 is 15.9 Å². The first-order valence-corrected chi connectivity index (χ1v) is 8.68. The number of hydrogen-bond acceptors (Lipinski definition) is 4. The highest BCUT2D eigenvalue weighted by Crippen LogP contribution is 2.17. The molecule has 3 aromatic rings. The fraction of sp³-hybridized carbons (Fsp3) is 0.294. The van der Waals surface area contributed by atoms with Crippen LogP contribution in [0.15, 0.2) is 51.7 Å². The minimum Gasteiger partial charge on any atom is -0.444 e. The number of fused-ring (bicyclic) bond motifs is 1. The third-order valence-corrected chi connectivity index (χ3v) is 4.68. The minimum atomic E-state index is -0.0481. The SMILES string of the molecule is O=C(c1ccc(Br)o1)N1CCN(Cc2cc3ccccn3n2)CC1. The first-order chi connectivity index (χ1) is 11.7. The highest BCUT2D eigenvalue weighted by Gasteiger charge is 2.24. The second kappa shape index (κ2) is 6.41. The van der Waals surface area contributed by atoms with E-state index in [9.17, 15) is 4.79 Å². The van der Waals surface area contributed by atoms with Gasteiger partial charge in [0.05, 0.1) is 11.2 Å². The molecule has 1 aliphatic rings. The van der Waals surface area contributed by atoms with Crippen LogP contribution < -0.4 is 0 Å². The van der Waals surface area contributed by atoms with Crippen LogP contribution in [0.2, 0.25) is 0 Å². The van der Waals surface area contributed by atoms with Crippen LogP contribution in [-0.4, -0.2) is 51.5 Å². The summed E-state index contributed by atoms with van der Waals surface area (Å²) < 4.78 is 7.83. The Labute approximate surface area is 147 Å². The molecule has 0 radical (unpaired) electrons. The summed E-state index contributed by atoms with van der Waals surface area (Å²) in [5.74, 6) is 0.337. The highest BCUT2D eigenvalue weighted by atomic mass is 79.9. The van der Waals surface area contributed by atoms with Crippen molar-refractivity contribution in [2.75, 3.05) is 26.2 Å². The van der Waals surface area contributed by atoms with E-state index in [1.165, 1.54) is 0 Å². The zero-order chi connectivity index (χ0) is 16.5. The van der Waals surface area contributed by atoms with E-state index in [1.54, 1.807) is 12.1 Å². The number of pyridine rings is 1. The van der Waals surface area contributed by atoms with Gasteiger partial charge in [-0.2, -0.15) is 5.10 Å². The number of nitrogens with zero attached hydrogens (tertiary/aromatic N) is 4. The maximum Gasteiger partial charge on any atom is 0.289 e. The Morgan fingerprint density at radius 1 is 1.17 bits per heavy atom. The molecule has 1 saturated heterocycles. The normalized spacial score (nSPS) is 16.0. The zero-order valence-electron chi connectivity index (χ0n) is 13.1. The number of carbonyl (C=O) groups excluding carboxylic acids is 1. The summed E-state index contributed by atoms with van der Waals surface area (Å²) >= 11 is 3.23. The molecule has 0 atom stereocenters. The lowest BCUT2D eigenvalue weighted by Crippen LogP contribution is -2.48. The quantitative estimate of drug-likeness (QED) is 0.691. The van der Waals surface area contributed by atoms with E-state index < -0.39 is 0 Å². The largest absolute Gasteiger partial charge is 0.444 e. The third-order valence-electron chi connectivity index (χ3n) is 4.25. The molecule has 7 heteroatoms. The summed E-state index contributed by atoms with van der Waals surface area (Å²) in [5.41, 5.74) is 2.15. The fourth-order valence-corrected chi connectivity index (χ4v) is 3.30. The van der Waals surface area contributed by atoms with E-state index in [1.807, 2.05) is 27.7 Å². The molecule has 0 aromatic carbocycles. The smallest absolute Gasteiger partial charge is 0.289 e. The maximum atomic E-state index is 12.4. The van der Waals surface area contributed by atoms with Gasteiger partial charge < -0.3 is 9.32 Å². The van der Waals surface area contributed by atoms with Crippen LogP contribution in [0.25, 0.3) is 5.52 Å². The predicted octanol–water partition coefficient (Wildman–Crippen LogP) is 2.65. The molecule has 0 bridgehead atoms. The van der Waals surface area contributed by atoms with E-state index in [-0.39, 0.29) is 5.91 Å². The third kappa shape index (κ3) is 3.09. The molecule has 4 rings (SSSR count). The number of furan rings is 1. The maximum absolute atomic E-state index is 12.4. The van der Waals surface area contributed by atoms with Crippen LogP contribution in [0, 0.1) is 0 Å². The van der Waals surface area contributed by atoms with Crippen LogP contribution in [0.1, 0.15) is 16.2 Å². The average molecular weight is 389 g/mol. The highest BCUT2D eigenvalue weighted by molar-refractivity contribution is 9.10. The Bertz CT molecular complexity index is 831. The van der Waals surface area contributed by atoms with Crippen molar-refractivity contribution in [3.8, 4) is 0 Å². The van der Waals surface area contributed by atoms with Gasteiger partial charge in [0, 0.05) is 38.9 Å². The first kappa shape index (κ1) is 15.4. The lowest BCUT2D eigenvalue weighted by molar-refractivity contribution is 0.0595. The van der Waals surface area contributed by atoms with Gasteiger partial charge in [0.1, 0.15) is 0 Å². The monoisotopic (exact) mass is 388 g/mol. The van der Waals surface area contributed by atoms with Crippen LogP contribution in [0.4, 0.5) is 0 Å². The van der Waals surface area contributed by atoms with Crippen LogP contribution in [0.3, 0.4) is 0 Å². The van der Waals surface area contributed by atoms with Crippen molar-refractivity contribution in [2.45, 2.75) is 6.54 Å². The second-order valence-electron chi connectivity index (χ2n) is 5.88. The van der Waals surface area contributed by atoms with Gasteiger partial charge in [-0.3, -0.25) is 9.69 Å². The van der Waals surface area contributed by atoms with Crippen molar-refractivity contribution in [2.24, 2.45) is 0 Å². The lowest BCUT2D eigenvalue weighted by Gasteiger charge is -2.33. The molecule has 0 spiro atoms. The summed E-state index contributed by atoms with van der Waals surface area (Å²) in [4.78, 5) is 16.5. The van der Waals surface area contributed by atoms with E-state index in [0.717, 1.165) is 30.8 Å². The second-order valence-corrected chi connectivity index (χ2v) is 6.66. The number of halogens is 1. The number of piperazine rings is 1. The molecule has 124 valence electrons. The zero-order valence-corrected chi connectivity index (χ0v) is 14.6. The van der Waals surface area contributed by atoms with Crippen LogP contribution in [-0.2, 0) is 6.54 Å². The Balaban J connectivity index is 1.36. The molecule has 3 aromatic heterocycles. The van der Waals surface area contributed by atoms with Gasteiger partial charge >= 0.3 is 0 Å². The van der Waals surface area contributed by atoms with E-state index in [2.05, 4.69) is 38.1 Å². The van der Waals surface area contributed by atoms with E-state index in [0.29, 0.717) is 23.5 Å². The van der Waals surface area contributed by atoms with Crippen molar-refractivity contribution >= 4 is 27.4 Å². The summed E-state index contributed by atoms with van der Waals surface area (Å²) in [6.45, 7) is 3.87. The Morgan fingerprint density at radius 3 is 2.71 bits per heavy atom. The molecule has 4 heterocycles. The Kier molecular flexibility index (Phi) is 4.12. The fourth-order valence-electron chi connectivity index (χ4n) is 2.99. The Morgan fingerprint density at radius 2 is 2.00 bits per heavy atom. The summed E-state index contributed by atoms with van der Waals surface area (Å²) in [7, 11) is 0. The molecule has 24 heavy (non-hydrogen) atoms. The molecular weight excluding hydrogens is 372 g/mol. The summed E-state index contributed by atoms with van der Waals surface area (Å²) in [6, 6.07) is 11.6. The summed E-state index contributed by atoms with van der Waals surface area (Å²) in [5, 5.41) is 4.59. The molecule has 0 unspecified atom stereocenters. The van der Waals surface area contributed by atoms with Gasteiger partial charge in [-0.05, 0) is 46.3 Å². The van der Waals surface area contributed by atoms with Crippen molar-refractivity contribution in [1.29, 1.82) is 0 Å². The first-order valence-electron chi connectivity index (χ1n) is 7.89. The summed E-state index contributed by atoms with van der Waals surface area (Å²) in [6.07, 6.45) is 1.96. The van der Waals surface area contributed by atoms with Gasteiger partial charge in [-0.1, -0.05) is 6.07 Å². The molecule has 1 fully saturated rings. The number of carbonyl (C=O) groups is 1. The van der Waals surface area contributed by atoms with Crippen molar-refractivity contribution in [3.63, 3.8) is 0 Å². The van der Waals surface area contributed by atoms with Gasteiger partial charge in [0.25, 0.3) is 5.91 Å². The standard InChI is InChI=1S/C17H17BrN4O2/c18-16-5-4-15(24-16)17(23)21-9-7-20(8-10-21)12-13-11-14-3-1-2-6-22(14)19-13/h1-6,11H,7-10,12H2. The average Bonchev–Trinajstić information content (AvgIpc) is 3.20. The van der Waals surface area contributed by atoms with Gasteiger partial charge in [0.2, 0.25) is 0 Å². The van der Waals surface area contributed by atoms with Gasteiger partial charge in [-0.15, -0.1) is 0 Å². The molecular formula is C17H17BrN4O2. The molecule has 1 amide bonds. The van der Waals surface area contributed by atoms with Crippen molar-refractivity contribution in [1.82, 2.24) is 19.4 Å². The minimum absolute atomic E-state index is 0.0481. The predicted molar refractivity (Wildman–Crippen MR) is 92.8 cm³/mol. The molecule has 1 aliphatic heterocycles. The van der Waals surface area contributed by atoms with E-state index in [4.69, 9.17) is 4.42 Å². The topological polar surface area (TPSA) is 54.0 Å².